The molecule has 1 aromatic rings. The van der Waals surface area contributed by atoms with Crippen LogP contribution in [-0.2, 0) is 14.3 Å². The predicted octanol–water partition coefficient (Wildman–Crippen LogP) is 3.17. The number of nitrogens with zero attached hydrogens (tertiary/aromatic N) is 1. The fourth-order valence-corrected chi connectivity index (χ4v) is 3.72. The summed E-state index contributed by atoms with van der Waals surface area (Å²) in [6.07, 6.45) is 3.24. The minimum Gasteiger partial charge on any atom is -0.455 e. The first-order valence-electron chi connectivity index (χ1n) is 8.69. The van der Waals surface area contributed by atoms with E-state index in [1.807, 2.05) is 0 Å². The molecule has 0 spiro atoms. The molecular formula is C18H24N2O5S. The number of carbonyl (C=O) groups excluding carboxylic acids is 2. The maximum atomic E-state index is 12.0. The van der Waals surface area contributed by atoms with E-state index >= 15 is 0 Å². The van der Waals surface area contributed by atoms with E-state index < -0.39 is 10.9 Å². The fraction of sp³-hybridized carbons (Fsp3) is 0.556. The van der Waals surface area contributed by atoms with Crippen LogP contribution in [0.15, 0.2) is 29.2 Å². The van der Waals surface area contributed by atoms with Crippen molar-refractivity contribution in [3.05, 3.63) is 34.4 Å². The number of carbonyl (C=O) groups is 2. The fourth-order valence-electron chi connectivity index (χ4n) is 3.03. The maximum absolute atomic E-state index is 12.0. The van der Waals surface area contributed by atoms with Crippen LogP contribution in [0.2, 0.25) is 0 Å². The summed E-state index contributed by atoms with van der Waals surface area (Å²) in [6.45, 7) is 4.05. The van der Waals surface area contributed by atoms with Gasteiger partial charge in [-0.05, 0) is 30.4 Å². The highest BCUT2D eigenvalue weighted by molar-refractivity contribution is 8.00. The zero-order chi connectivity index (χ0) is 19.1. The summed E-state index contributed by atoms with van der Waals surface area (Å²) < 4.78 is 5.01. The Morgan fingerprint density at radius 3 is 2.62 bits per heavy atom. The molecule has 8 heteroatoms. The number of rotatable bonds is 7. The average molecular weight is 380 g/mol. The highest BCUT2D eigenvalue weighted by Gasteiger charge is 2.28. The Kier molecular flexibility index (Phi) is 7.44. The average Bonchev–Trinajstić information content (AvgIpc) is 2.62. The summed E-state index contributed by atoms with van der Waals surface area (Å²) in [4.78, 5) is 34.6. The molecule has 7 nitrogen and oxygen atoms in total. The van der Waals surface area contributed by atoms with Crippen LogP contribution in [-0.4, -0.2) is 35.2 Å². The predicted molar refractivity (Wildman–Crippen MR) is 98.9 cm³/mol. The number of nitrogens with one attached hydrogen (secondary N) is 1. The van der Waals surface area contributed by atoms with Crippen molar-refractivity contribution in [1.29, 1.82) is 0 Å². The Labute approximate surface area is 157 Å². The molecule has 0 aromatic heterocycles. The smallest absolute Gasteiger partial charge is 0.316 e. The molecule has 26 heavy (non-hydrogen) atoms. The zero-order valence-electron chi connectivity index (χ0n) is 15.0. The molecule has 0 radical (unpaired) electrons. The van der Waals surface area contributed by atoms with Crippen LogP contribution < -0.4 is 5.32 Å². The molecule has 1 aromatic carbocycles. The van der Waals surface area contributed by atoms with Gasteiger partial charge in [-0.2, -0.15) is 0 Å². The third-order valence-electron chi connectivity index (χ3n) is 4.82. The molecule has 1 amide bonds. The van der Waals surface area contributed by atoms with E-state index in [1.165, 1.54) is 30.3 Å². The van der Waals surface area contributed by atoms with Crippen LogP contribution in [0.3, 0.4) is 0 Å². The van der Waals surface area contributed by atoms with E-state index in [4.69, 9.17) is 4.74 Å². The second-order valence-electron chi connectivity index (χ2n) is 6.64. The molecule has 1 fully saturated rings. The van der Waals surface area contributed by atoms with E-state index in [9.17, 15) is 19.7 Å². The quantitative estimate of drug-likeness (QED) is 0.338. The topological polar surface area (TPSA) is 98.5 Å². The van der Waals surface area contributed by atoms with E-state index in [0.29, 0.717) is 11.8 Å². The molecule has 2 rings (SSSR count). The van der Waals surface area contributed by atoms with Crippen molar-refractivity contribution >= 4 is 29.3 Å². The number of amides is 1. The maximum Gasteiger partial charge on any atom is 0.316 e. The Morgan fingerprint density at radius 1 is 1.27 bits per heavy atom. The van der Waals surface area contributed by atoms with Gasteiger partial charge in [0.2, 0.25) is 0 Å². The SMILES string of the molecule is C[C@H]1[C@@H](NC(=O)COC(=O)CSc2ccc([N+](=O)[O-])cc2)CCC[C@@H]1C. The number of esters is 1. The number of nitro benzene ring substituents is 1. The second kappa shape index (κ2) is 9.56. The molecule has 142 valence electrons. The molecule has 0 saturated heterocycles. The van der Waals surface area contributed by atoms with Gasteiger partial charge in [0.15, 0.2) is 6.61 Å². The molecule has 0 aliphatic heterocycles. The van der Waals surface area contributed by atoms with Gasteiger partial charge in [-0.15, -0.1) is 11.8 Å². The Bertz CT molecular complexity index is 649. The van der Waals surface area contributed by atoms with Crippen LogP contribution in [0.4, 0.5) is 5.69 Å². The van der Waals surface area contributed by atoms with Gasteiger partial charge < -0.3 is 10.1 Å². The molecule has 0 heterocycles. The first kappa shape index (κ1) is 20.2. The van der Waals surface area contributed by atoms with Crippen LogP contribution in [0.25, 0.3) is 0 Å². The number of ether oxygens (including phenoxy) is 1. The molecular weight excluding hydrogens is 356 g/mol. The molecule has 3 atom stereocenters. The molecule has 1 N–H and O–H groups in total. The van der Waals surface area contributed by atoms with Crippen LogP contribution in [0.1, 0.15) is 33.1 Å². The van der Waals surface area contributed by atoms with Gasteiger partial charge in [0.25, 0.3) is 11.6 Å². The number of nitro groups is 1. The third-order valence-corrected chi connectivity index (χ3v) is 5.81. The first-order chi connectivity index (χ1) is 12.4. The van der Waals surface area contributed by atoms with Crippen molar-refractivity contribution in [2.45, 2.75) is 44.0 Å². The Hall–Kier alpha value is -2.09. The molecule has 1 aliphatic rings. The van der Waals surface area contributed by atoms with Gasteiger partial charge in [-0.3, -0.25) is 19.7 Å². The van der Waals surface area contributed by atoms with Gasteiger partial charge in [-0.1, -0.05) is 26.7 Å². The zero-order valence-corrected chi connectivity index (χ0v) is 15.8. The van der Waals surface area contributed by atoms with Crippen molar-refractivity contribution in [1.82, 2.24) is 5.32 Å². The van der Waals surface area contributed by atoms with Gasteiger partial charge in [0, 0.05) is 23.1 Å². The summed E-state index contributed by atoms with van der Waals surface area (Å²) in [7, 11) is 0. The minimum atomic E-state index is -0.492. The Balaban J connectivity index is 1.69. The third kappa shape index (κ3) is 6.01. The van der Waals surface area contributed by atoms with Crippen LogP contribution in [0.5, 0.6) is 0 Å². The molecule has 1 aliphatic carbocycles. The summed E-state index contributed by atoms with van der Waals surface area (Å²) in [5.74, 6) is 0.274. The van der Waals surface area contributed by atoms with Gasteiger partial charge >= 0.3 is 5.97 Å². The van der Waals surface area contributed by atoms with Crippen molar-refractivity contribution in [3.63, 3.8) is 0 Å². The molecule has 0 unspecified atom stereocenters. The van der Waals surface area contributed by atoms with Crippen molar-refractivity contribution in [2.24, 2.45) is 11.8 Å². The standard InChI is InChI=1S/C18H24N2O5S/c1-12-4-3-5-16(13(12)2)19-17(21)10-25-18(22)11-26-15-8-6-14(7-9-15)20(23)24/h6-9,12-13,16H,3-5,10-11H2,1-2H3,(H,19,21)/t12-,13+,16-/m0/s1. The summed E-state index contributed by atoms with van der Waals surface area (Å²) in [5, 5.41) is 13.6. The minimum absolute atomic E-state index is 0.000132. The number of hydrogen-bond donors (Lipinski definition) is 1. The van der Waals surface area contributed by atoms with Crippen LogP contribution in [0, 0.1) is 22.0 Å². The largest absolute Gasteiger partial charge is 0.455 e. The lowest BCUT2D eigenvalue weighted by Gasteiger charge is -2.34. The first-order valence-corrected chi connectivity index (χ1v) is 9.67. The lowest BCUT2D eigenvalue weighted by atomic mass is 9.78. The van der Waals surface area contributed by atoms with Crippen molar-refractivity contribution in [2.75, 3.05) is 12.4 Å². The lowest BCUT2D eigenvalue weighted by molar-refractivity contribution is -0.384. The normalized spacial score (nSPS) is 22.5. The number of thioether (sulfide) groups is 1. The molecule has 0 bridgehead atoms. The second-order valence-corrected chi connectivity index (χ2v) is 7.69. The summed E-state index contributed by atoms with van der Waals surface area (Å²) >= 11 is 1.21. The van der Waals surface area contributed by atoms with Crippen LogP contribution >= 0.6 is 11.8 Å². The van der Waals surface area contributed by atoms with E-state index in [1.54, 1.807) is 12.1 Å². The summed E-state index contributed by atoms with van der Waals surface area (Å²) in [5.41, 5.74) is -0.000132. The monoisotopic (exact) mass is 380 g/mol. The van der Waals surface area contributed by atoms with E-state index in [2.05, 4.69) is 19.2 Å². The number of benzene rings is 1. The van der Waals surface area contributed by atoms with E-state index in [0.717, 1.165) is 17.7 Å². The van der Waals surface area contributed by atoms with E-state index in [-0.39, 0.29) is 30.0 Å². The van der Waals surface area contributed by atoms with Gasteiger partial charge in [-0.25, -0.2) is 0 Å². The van der Waals surface area contributed by atoms with Crippen molar-refractivity contribution in [3.8, 4) is 0 Å². The van der Waals surface area contributed by atoms with Gasteiger partial charge in [0.1, 0.15) is 0 Å². The lowest BCUT2D eigenvalue weighted by Crippen LogP contribution is -2.45. The number of hydrogen-bond acceptors (Lipinski definition) is 6. The number of non-ortho nitro benzene ring substituents is 1. The highest BCUT2D eigenvalue weighted by atomic mass is 32.2. The van der Waals surface area contributed by atoms with Crippen molar-refractivity contribution < 1.29 is 19.2 Å². The Morgan fingerprint density at radius 2 is 1.96 bits per heavy atom. The summed E-state index contributed by atoms with van der Waals surface area (Å²) in [6, 6.07) is 6.06. The highest BCUT2D eigenvalue weighted by Crippen LogP contribution is 2.29. The van der Waals surface area contributed by atoms with Gasteiger partial charge in [0.05, 0.1) is 10.7 Å². The molecule has 1 saturated carbocycles.